The van der Waals surface area contributed by atoms with E-state index in [2.05, 4.69) is 4.72 Å². The van der Waals surface area contributed by atoms with E-state index in [1.54, 1.807) is 42.5 Å². The van der Waals surface area contributed by atoms with Crippen LogP contribution in [0.25, 0.3) is 0 Å². The number of ether oxygens (including phenoxy) is 1. The highest BCUT2D eigenvalue weighted by atomic mass is 32.2. The fourth-order valence-electron chi connectivity index (χ4n) is 1.78. The molecule has 0 amide bonds. The van der Waals surface area contributed by atoms with Gasteiger partial charge in [0.05, 0.1) is 11.5 Å². The van der Waals surface area contributed by atoms with Crippen LogP contribution in [0.4, 0.5) is 5.69 Å². The summed E-state index contributed by atoms with van der Waals surface area (Å²) < 4.78 is 32.3. The number of nitrogens with one attached hydrogen (secondary N) is 1. The molecule has 20 heavy (non-hydrogen) atoms. The second-order valence-corrected chi connectivity index (χ2v) is 6.06. The van der Waals surface area contributed by atoms with Crippen LogP contribution in [0.15, 0.2) is 53.4 Å². The maximum absolute atomic E-state index is 12.2. The minimum Gasteiger partial charge on any atom is -0.494 e. The van der Waals surface area contributed by atoms with Crippen LogP contribution in [-0.4, -0.2) is 15.0 Å². The van der Waals surface area contributed by atoms with Crippen LogP contribution in [0.1, 0.15) is 12.5 Å². The molecular formula is C15H17NO3S. The van der Waals surface area contributed by atoms with Crippen molar-refractivity contribution >= 4 is 15.7 Å². The molecule has 0 aliphatic heterocycles. The van der Waals surface area contributed by atoms with Gasteiger partial charge in [-0.05, 0) is 55.8 Å². The molecule has 2 rings (SSSR count). The maximum Gasteiger partial charge on any atom is 0.261 e. The minimum atomic E-state index is -3.55. The summed E-state index contributed by atoms with van der Waals surface area (Å²) in [6.07, 6.45) is 0. The van der Waals surface area contributed by atoms with Crippen molar-refractivity contribution < 1.29 is 13.2 Å². The summed E-state index contributed by atoms with van der Waals surface area (Å²) in [5.74, 6) is 0.714. The van der Waals surface area contributed by atoms with Gasteiger partial charge in [-0.15, -0.1) is 0 Å². The molecule has 0 aromatic heterocycles. The first-order valence-corrected chi connectivity index (χ1v) is 7.82. The summed E-state index contributed by atoms with van der Waals surface area (Å²) in [6.45, 7) is 4.33. The first-order valence-electron chi connectivity index (χ1n) is 6.33. The van der Waals surface area contributed by atoms with E-state index in [1.807, 2.05) is 19.9 Å². The van der Waals surface area contributed by atoms with E-state index in [9.17, 15) is 8.42 Å². The fraction of sp³-hybridized carbons (Fsp3) is 0.200. The minimum absolute atomic E-state index is 0.256. The summed E-state index contributed by atoms with van der Waals surface area (Å²) in [7, 11) is -3.55. The lowest BCUT2D eigenvalue weighted by Gasteiger charge is -2.09. The lowest BCUT2D eigenvalue weighted by atomic mass is 10.2. The zero-order chi connectivity index (χ0) is 14.6. The average Bonchev–Trinajstić information content (AvgIpc) is 2.41. The number of rotatable bonds is 5. The Hall–Kier alpha value is -2.01. The summed E-state index contributed by atoms with van der Waals surface area (Å²) in [6, 6.07) is 13.6. The lowest BCUT2D eigenvalue weighted by molar-refractivity contribution is 0.340. The molecule has 0 saturated heterocycles. The van der Waals surface area contributed by atoms with Gasteiger partial charge < -0.3 is 4.74 Å². The first-order chi connectivity index (χ1) is 9.51. The molecule has 0 saturated carbocycles. The van der Waals surface area contributed by atoms with Gasteiger partial charge in [-0.25, -0.2) is 8.42 Å². The normalized spacial score (nSPS) is 11.1. The highest BCUT2D eigenvalue weighted by Crippen LogP contribution is 2.20. The van der Waals surface area contributed by atoms with Crippen molar-refractivity contribution in [3.8, 4) is 5.75 Å². The van der Waals surface area contributed by atoms with Gasteiger partial charge >= 0.3 is 0 Å². The molecule has 0 aliphatic carbocycles. The van der Waals surface area contributed by atoms with Gasteiger partial charge in [0.25, 0.3) is 10.0 Å². The number of sulfonamides is 1. The number of aryl methyl sites for hydroxylation is 1. The zero-order valence-electron chi connectivity index (χ0n) is 11.5. The van der Waals surface area contributed by atoms with E-state index in [0.717, 1.165) is 5.56 Å². The Bertz CT molecular complexity index is 679. The van der Waals surface area contributed by atoms with Crippen molar-refractivity contribution in [2.45, 2.75) is 18.7 Å². The molecule has 0 bridgehead atoms. The molecular weight excluding hydrogens is 274 g/mol. The smallest absolute Gasteiger partial charge is 0.261 e. The molecule has 4 nitrogen and oxygen atoms in total. The van der Waals surface area contributed by atoms with E-state index in [0.29, 0.717) is 18.0 Å². The number of hydrogen-bond acceptors (Lipinski definition) is 3. The fourth-order valence-corrected chi connectivity index (χ4v) is 2.95. The van der Waals surface area contributed by atoms with Crippen molar-refractivity contribution in [1.29, 1.82) is 0 Å². The SMILES string of the molecule is CCOc1ccc(NS(=O)(=O)c2cccc(C)c2)cc1. The second-order valence-electron chi connectivity index (χ2n) is 4.38. The quantitative estimate of drug-likeness (QED) is 0.920. The Morgan fingerprint density at radius 1 is 1.10 bits per heavy atom. The molecule has 1 N–H and O–H groups in total. The van der Waals surface area contributed by atoms with Crippen molar-refractivity contribution in [2.75, 3.05) is 11.3 Å². The zero-order valence-corrected chi connectivity index (χ0v) is 12.3. The molecule has 0 aliphatic rings. The van der Waals surface area contributed by atoms with Gasteiger partial charge in [0.2, 0.25) is 0 Å². The highest BCUT2D eigenvalue weighted by Gasteiger charge is 2.13. The third kappa shape index (κ3) is 3.51. The van der Waals surface area contributed by atoms with Gasteiger partial charge in [-0.3, -0.25) is 4.72 Å². The van der Waals surface area contributed by atoms with Gasteiger partial charge in [-0.2, -0.15) is 0 Å². The van der Waals surface area contributed by atoms with Crippen molar-refractivity contribution in [2.24, 2.45) is 0 Å². The predicted octanol–water partition coefficient (Wildman–Crippen LogP) is 3.19. The number of hydrogen-bond donors (Lipinski definition) is 1. The van der Waals surface area contributed by atoms with E-state index in [4.69, 9.17) is 4.74 Å². The molecule has 2 aromatic rings. The van der Waals surface area contributed by atoms with E-state index in [-0.39, 0.29) is 4.90 Å². The van der Waals surface area contributed by atoms with Crippen LogP contribution in [0.2, 0.25) is 0 Å². The Morgan fingerprint density at radius 3 is 2.40 bits per heavy atom. The first kappa shape index (κ1) is 14.4. The molecule has 5 heteroatoms. The Kier molecular flexibility index (Phi) is 4.29. The van der Waals surface area contributed by atoms with Crippen molar-refractivity contribution in [3.63, 3.8) is 0 Å². The van der Waals surface area contributed by atoms with Crippen LogP contribution >= 0.6 is 0 Å². The van der Waals surface area contributed by atoms with E-state index < -0.39 is 10.0 Å². The monoisotopic (exact) mass is 291 g/mol. The topological polar surface area (TPSA) is 55.4 Å². The van der Waals surface area contributed by atoms with Crippen LogP contribution in [0.5, 0.6) is 5.75 Å². The summed E-state index contributed by atoms with van der Waals surface area (Å²) >= 11 is 0. The average molecular weight is 291 g/mol. The number of anilines is 1. The van der Waals surface area contributed by atoms with Crippen molar-refractivity contribution in [1.82, 2.24) is 0 Å². The van der Waals surface area contributed by atoms with E-state index in [1.165, 1.54) is 0 Å². The standard InChI is InChI=1S/C15H17NO3S/c1-3-19-14-9-7-13(8-10-14)16-20(17,18)15-6-4-5-12(2)11-15/h4-11,16H,3H2,1-2H3. The predicted molar refractivity (Wildman–Crippen MR) is 79.6 cm³/mol. The molecule has 2 aromatic carbocycles. The molecule has 0 unspecified atom stereocenters. The Morgan fingerprint density at radius 2 is 1.80 bits per heavy atom. The molecule has 0 spiro atoms. The number of benzene rings is 2. The molecule has 0 radical (unpaired) electrons. The van der Waals surface area contributed by atoms with Crippen LogP contribution in [0.3, 0.4) is 0 Å². The Balaban J connectivity index is 2.20. The van der Waals surface area contributed by atoms with Gasteiger partial charge in [0.1, 0.15) is 5.75 Å². The molecule has 0 fully saturated rings. The molecule has 106 valence electrons. The van der Waals surface area contributed by atoms with E-state index >= 15 is 0 Å². The van der Waals surface area contributed by atoms with Gasteiger partial charge in [0.15, 0.2) is 0 Å². The van der Waals surface area contributed by atoms with Gasteiger partial charge in [0, 0.05) is 5.69 Å². The van der Waals surface area contributed by atoms with Crippen LogP contribution in [0, 0.1) is 6.92 Å². The maximum atomic E-state index is 12.2. The summed E-state index contributed by atoms with van der Waals surface area (Å²) in [5, 5.41) is 0. The largest absolute Gasteiger partial charge is 0.494 e. The van der Waals surface area contributed by atoms with Gasteiger partial charge in [-0.1, -0.05) is 12.1 Å². The van der Waals surface area contributed by atoms with Crippen molar-refractivity contribution in [3.05, 3.63) is 54.1 Å². The molecule has 0 atom stereocenters. The molecule has 0 heterocycles. The summed E-state index contributed by atoms with van der Waals surface area (Å²) in [5.41, 5.74) is 1.41. The lowest BCUT2D eigenvalue weighted by Crippen LogP contribution is -2.12. The second kappa shape index (κ2) is 5.96. The summed E-state index contributed by atoms with van der Waals surface area (Å²) in [4.78, 5) is 0.256. The third-order valence-electron chi connectivity index (χ3n) is 2.72. The van der Waals surface area contributed by atoms with Crippen LogP contribution < -0.4 is 9.46 Å². The third-order valence-corrected chi connectivity index (χ3v) is 4.10. The highest BCUT2D eigenvalue weighted by molar-refractivity contribution is 7.92. The van der Waals surface area contributed by atoms with Crippen LogP contribution in [-0.2, 0) is 10.0 Å². The Labute approximate surface area is 119 Å².